The maximum atomic E-state index is 12.8. The third-order valence-electron chi connectivity index (χ3n) is 4.98. The van der Waals surface area contributed by atoms with Crippen molar-refractivity contribution < 1.29 is 9.53 Å². The lowest BCUT2D eigenvalue weighted by Gasteiger charge is -2.35. The minimum absolute atomic E-state index is 0.189. The third-order valence-corrected chi connectivity index (χ3v) is 4.98. The molecule has 0 bridgehead atoms. The van der Waals surface area contributed by atoms with E-state index in [0.717, 1.165) is 43.7 Å². The number of unbranched alkanes of at least 4 members (excludes halogenated alkanes) is 1. The number of para-hydroxylation sites is 1. The molecule has 7 heteroatoms. The maximum absolute atomic E-state index is 12.8. The molecule has 0 saturated carbocycles. The van der Waals surface area contributed by atoms with Crippen molar-refractivity contribution >= 4 is 11.6 Å². The van der Waals surface area contributed by atoms with Gasteiger partial charge >= 0.3 is 0 Å². The Hall–Kier alpha value is -2.51. The number of anilines is 1. The smallest absolute Gasteiger partial charge is 0.276 e. The van der Waals surface area contributed by atoms with Gasteiger partial charge < -0.3 is 10.1 Å². The van der Waals surface area contributed by atoms with Gasteiger partial charge in [0.2, 0.25) is 0 Å². The van der Waals surface area contributed by atoms with Crippen LogP contribution in [0.5, 0.6) is 0 Å². The Labute approximate surface area is 171 Å². The lowest BCUT2D eigenvalue weighted by Crippen LogP contribution is -2.44. The van der Waals surface area contributed by atoms with Crippen LogP contribution in [0.2, 0.25) is 0 Å². The van der Waals surface area contributed by atoms with Crippen LogP contribution in [-0.2, 0) is 17.8 Å². The summed E-state index contributed by atoms with van der Waals surface area (Å²) in [5.41, 5.74) is 1.86. The molecular weight excluding hydrogens is 368 g/mol. The van der Waals surface area contributed by atoms with Crippen molar-refractivity contribution in [1.29, 1.82) is 0 Å². The topological polar surface area (TPSA) is 76.5 Å². The SMILES string of the molecule is CCCCn1nc(C(=O)Nc2ccccc2CN2CC(C)OC(C)C2)ccc1=O. The summed E-state index contributed by atoms with van der Waals surface area (Å²) in [7, 11) is 0. The van der Waals surface area contributed by atoms with Gasteiger partial charge in [0, 0.05) is 37.9 Å². The van der Waals surface area contributed by atoms with Crippen molar-refractivity contribution in [1.82, 2.24) is 14.7 Å². The van der Waals surface area contributed by atoms with Gasteiger partial charge in [-0.25, -0.2) is 4.68 Å². The summed E-state index contributed by atoms with van der Waals surface area (Å²) in [6, 6.07) is 10.7. The standard InChI is InChI=1S/C22H30N4O3/c1-4-5-12-26-21(27)11-10-20(24-26)22(28)23-19-9-7-6-8-18(19)15-25-13-16(2)29-17(3)14-25/h6-11,16-17H,4-5,12-15H2,1-3H3,(H,23,28). The van der Waals surface area contributed by atoms with Gasteiger partial charge in [-0.3, -0.25) is 14.5 Å². The highest BCUT2D eigenvalue weighted by Crippen LogP contribution is 2.20. The summed E-state index contributed by atoms with van der Waals surface area (Å²) in [5.74, 6) is -0.314. The Morgan fingerprint density at radius 2 is 1.90 bits per heavy atom. The van der Waals surface area contributed by atoms with Gasteiger partial charge in [0.1, 0.15) is 5.69 Å². The predicted molar refractivity (Wildman–Crippen MR) is 113 cm³/mol. The van der Waals surface area contributed by atoms with Crippen LogP contribution in [0.4, 0.5) is 5.69 Å². The zero-order valence-electron chi connectivity index (χ0n) is 17.4. The Bertz CT molecular complexity index is 886. The van der Waals surface area contributed by atoms with Crippen LogP contribution in [0.1, 0.15) is 49.7 Å². The van der Waals surface area contributed by atoms with E-state index in [1.165, 1.54) is 16.8 Å². The highest BCUT2D eigenvalue weighted by molar-refractivity contribution is 6.03. The first-order valence-electron chi connectivity index (χ1n) is 10.3. The summed E-state index contributed by atoms with van der Waals surface area (Å²) in [6.45, 7) is 9.17. The number of carbonyl (C=O) groups excluding carboxylic acids is 1. The molecule has 29 heavy (non-hydrogen) atoms. The number of benzene rings is 1. The number of rotatable bonds is 7. The van der Waals surface area contributed by atoms with E-state index in [1.54, 1.807) is 0 Å². The van der Waals surface area contributed by atoms with Gasteiger partial charge in [-0.2, -0.15) is 5.10 Å². The van der Waals surface area contributed by atoms with Crippen molar-refractivity contribution in [3.05, 3.63) is 58.0 Å². The second kappa shape index (κ2) is 9.80. The van der Waals surface area contributed by atoms with E-state index in [4.69, 9.17) is 4.74 Å². The molecule has 7 nitrogen and oxygen atoms in total. The average molecular weight is 399 g/mol. The van der Waals surface area contributed by atoms with E-state index < -0.39 is 0 Å². The number of aryl methyl sites for hydroxylation is 1. The summed E-state index contributed by atoms with van der Waals surface area (Å²) < 4.78 is 7.17. The molecule has 2 aromatic rings. The van der Waals surface area contributed by atoms with Gasteiger partial charge in [0.25, 0.3) is 11.5 Å². The summed E-state index contributed by atoms with van der Waals surface area (Å²) >= 11 is 0. The number of hydrogen-bond donors (Lipinski definition) is 1. The molecule has 2 unspecified atom stereocenters. The number of carbonyl (C=O) groups is 1. The second-order valence-corrected chi connectivity index (χ2v) is 7.70. The zero-order valence-corrected chi connectivity index (χ0v) is 17.4. The predicted octanol–water partition coefficient (Wildman–Crippen LogP) is 2.90. The molecule has 0 spiro atoms. The zero-order chi connectivity index (χ0) is 20.8. The van der Waals surface area contributed by atoms with Gasteiger partial charge in [0.05, 0.1) is 12.2 Å². The molecule has 2 heterocycles. The first-order chi connectivity index (χ1) is 14.0. The molecular formula is C22H30N4O3. The molecule has 2 atom stereocenters. The molecule has 1 N–H and O–H groups in total. The van der Waals surface area contributed by atoms with E-state index in [2.05, 4.69) is 36.1 Å². The first kappa shape index (κ1) is 21.2. The highest BCUT2D eigenvalue weighted by atomic mass is 16.5. The van der Waals surface area contributed by atoms with Gasteiger partial charge in [-0.15, -0.1) is 0 Å². The molecule has 0 radical (unpaired) electrons. The van der Waals surface area contributed by atoms with Crippen LogP contribution < -0.4 is 10.9 Å². The van der Waals surface area contributed by atoms with Crippen molar-refractivity contribution in [2.24, 2.45) is 0 Å². The Morgan fingerprint density at radius 1 is 1.17 bits per heavy atom. The van der Waals surface area contributed by atoms with Crippen molar-refractivity contribution in [2.75, 3.05) is 18.4 Å². The molecule has 1 aromatic carbocycles. The summed E-state index contributed by atoms with van der Waals surface area (Å²) in [6.07, 6.45) is 2.18. The van der Waals surface area contributed by atoms with Crippen LogP contribution in [-0.4, -0.2) is 45.9 Å². The van der Waals surface area contributed by atoms with Crippen LogP contribution in [0.25, 0.3) is 0 Å². The normalized spacial score (nSPS) is 19.8. The number of ether oxygens (including phenoxy) is 1. The fourth-order valence-electron chi connectivity index (χ4n) is 3.66. The molecule has 1 aliphatic heterocycles. The van der Waals surface area contributed by atoms with Crippen LogP contribution in [0.15, 0.2) is 41.2 Å². The number of hydrogen-bond acceptors (Lipinski definition) is 5. The Kier molecular flexibility index (Phi) is 7.17. The maximum Gasteiger partial charge on any atom is 0.276 e. The number of morpholine rings is 1. The molecule has 1 fully saturated rings. The molecule has 1 aliphatic rings. The first-order valence-corrected chi connectivity index (χ1v) is 10.3. The Balaban J connectivity index is 1.73. The number of aromatic nitrogens is 2. The molecule has 156 valence electrons. The molecule has 1 aromatic heterocycles. The third kappa shape index (κ3) is 5.74. The van der Waals surface area contributed by atoms with E-state index in [9.17, 15) is 9.59 Å². The fourth-order valence-corrected chi connectivity index (χ4v) is 3.66. The van der Waals surface area contributed by atoms with Crippen LogP contribution in [0, 0.1) is 0 Å². The second-order valence-electron chi connectivity index (χ2n) is 7.70. The summed E-state index contributed by atoms with van der Waals surface area (Å²) in [5, 5.41) is 7.20. The lowest BCUT2D eigenvalue weighted by molar-refractivity contribution is -0.0704. The number of amides is 1. The van der Waals surface area contributed by atoms with E-state index in [0.29, 0.717) is 6.54 Å². The molecule has 0 aliphatic carbocycles. The Morgan fingerprint density at radius 3 is 2.62 bits per heavy atom. The van der Waals surface area contributed by atoms with Gasteiger partial charge in [-0.1, -0.05) is 31.5 Å². The van der Waals surface area contributed by atoms with E-state index in [-0.39, 0.29) is 29.4 Å². The fraction of sp³-hybridized carbons (Fsp3) is 0.500. The molecule has 1 amide bonds. The minimum Gasteiger partial charge on any atom is -0.373 e. The highest BCUT2D eigenvalue weighted by Gasteiger charge is 2.23. The minimum atomic E-state index is -0.314. The molecule has 1 saturated heterocycles. The lowest BCUT2D eigenvalue weighted by atomic mass is 10.1. The van der Waals surface area contributed by atoms with Crippen LogP contribution in [0.3, 0.4) is 0 Å². The molecule has 3 rings (SSSR count). The van der Waals surface area contributed by atoms with Crippen LogP contribution >= 0.6 is 0 Å². The average Bonchev–Trinajstić information content (AvgIpc) is 2.68. The largest absolute Gasteiger partial charge is 0.373 e. The monoisotopic (exact) mass is 398 g/mol. The van der Waals surface area contributed by atoms with E-state index >= 15 is 0 Å². The van der Waals surface area contributed by atoms with Crippen molar-refractivity contribution in [3.63, 3.8) is 0 Å². The van der Waals surface area contributed by atoms with Gasteiger partial charge in [-0.05, 0) is 38.0 Å². The van der Waals surface area contributed by atoms with Gasteiger partial charge in [0.15, 0.2) is 0 Å². The van der Waals surface area contributed by atoms with E-state index in [1.807, 2.05) is 24.3 Å². The number of nitrogens with zero attached hydrogens (tertiary/aromatic N) is 3. The van der Waals surface area contributed by atoms with Crippen molar-refractivity contribution in [2.45, 2.75) is 58.9 Å². The van der Waals surface area contributed by atoms with Crippen molar-refractivity contribution in [3.8, 4) is 0 Å². The quantitative estimate of drug-likeness (QED) is 0.776. The number of nitrogens with one attached hydrogen (secondary N) is 1. The summed E-state index contributed by atoms with van der Waals surface area (Å²) in [4.78, 5) is 27.1.